The number of hydrogen-bond donors (Lipinski definition) is 0. The largest absolute Gasteiger partial charge is 0.489 e. The molecule has 2 nitrogen and oxygen atoms in total. The highest BCUT2D eigenvalue weighted by molar-refractivity contribution is 6.19. The van der Waals surface area contributed by atoms with Gasteiger partial charge in [0.2, 0.25) is 0 Å². The van der Waals surface area contributed by atoms with Crippen LogP contribution in [0.2, 0.25) is 0 Å². The van der Waals surface area contributed by atoms with E-state index in [-0.39, 0.29) is 5.78 Å². The zero-order valence-corrected chi connectivity index (χ0v) is 13.1. The van der Waals surface area contributed by atoms with E-state index in [0.717, 1.165) is 16.9 Å². The van der Waals surface area contributed by atoms with Crippen LogP contribution < -0.4 is 4.74 Å². The molecular formula is C18H19ClO2. The summed E-state index contributed by atoms with van der Waals surface area (Å²) in [4.78, 5) is 11.8. The van der Waals surface area contributed by atoms with E-state index < -0.39 is 0 Å². The number of alkyl halides is 1. The van der Waals surface area contributed by atoms with Crippen molar-refractivity contribution in [1.29, 1.82) is 0 Å². The van der Waals surface area contributed by atoms with Gasteiger partial charge in [-0.3, -0.25) is 4.79 Å². The lowest BCUT2D eigenvalue weighted by atomic mass is 10.1. The smallest absolute Gasteiger partial charge is 0.164 e. The molecule has 0 N–H and O–H groups in total. The first-order valence-corrected chi connectivity index (χ1v) is 7.52. The van der Waals surface area contributed by atoms with Crippen LogP contribution in [0.4, 0.5) is 0 Å². The molecule has 0 aliphatic carbocycles. The van der Waals surface area contributed by atoms with Crippen molar-refractivity contribution in [3.8, 4) is 5.75 Å². The molecule has 0 aliphatic heterocycles. The molecule has 21 heavy (non-hydrogen) atoms. The normalized spacial score (nSPS) is 10.4. The molecule has 0 fully saturated rings. The van der Waals surface area contributed by atoms with Crippen molar-refractivity contribution >= 4 is 17.4 Å². The molecule has 0 aliphatic rings. The van der Waals surface area contributed by atoms with E-state index in [1.165, 1.54) is 5.56 Å². The average molecular weight is 303 g/mol. The minimum atomic E-state index is 0.0679. The standard InChI is InChI=1S/C18H19ClO2/c1-13-4-3-5-15(10-13)12-21-18-7-6-16(11-14(18)2)17(20)8-9-19/h3-7,10-11H,8-9,12H2,1-2H3. The Bertz CT molecular complexity index is 635. The summed E-state index contributed by atoms with van der Waals surface area (Å²) in [6, 6.07) is 13.7. The summed E-state index contributed by atoms with van der Waals surface area (Å²) in [6.45, 7) is 4.53. The highest BCUT2D eigenvalue weighted by Gasteiger charge is 2.08. The number of halogens is 1. The number of rotatable bonds is 6. The maximum atomic E-state index is 11.8. The molecule has 0 amide bonds. The van der Waals surface area contributed by atoms with Gasteiger partial charge in [-0.2, -0.15) is 0 Å². The Labute approximate surface area is 130 Å². The zero-order chi connectivity index (χ0) is 15.2. The van der Waals surface area contributed by atoms with E-state index >= 15 is 0 Å². The number of ketones is 1. The van der Waals surface area contributed by atoms with Crippen molar-refractivity contribution in [2.75, 3.05) is 5.88 Å². The van der Waals surface area contributed by atoms with Crippen LogP contribution in [0.25, 0.3) is 0 Å². The molecule has 110 valence electrons. The van der Waals surface area contributed by atoms with Crippen LogP contribution in [0, 0.1) is 13.8 Å². The second kappa shape index (κ2) is 7.28. The van der Waals surface area contributed by atoms with E-state index in [9.17, 15) is 4.79 Å². The Morgan fingerprint density at radius 1 is 1.14 bits per heavy atom. The predicted molar refractivity (Wildman–Crippen MR) is 86.4 cm³/mol. The summed E-state index contributed by atoms with van der Waals surface area (Å²) >= 11 is 5.60. The van der Waals surface area contributed by atoms with Gasteiger partial charge in [0.05, 0.1) is 0 Å². The fourth-order valence-electron chi connectivity index (χ4n) is 2.18. The second-order valence-corrected chi connectivity index (χ2v) is 5.50. The van der Waals surface area contributed by atoms with Gasteiger partial charge in [0, 0.05) is 17.9 Å². The lowest BCUT2D eigenvalue weighted by Gasteiger charge is -2.11. The molecule has 0 saturated heterocycles. The van der Waals surface area contributed by atoms with Gasteiger partial charge < -0.3 is 4.74 Å². The van der Waals surface area contributed by atoms with Crippen molar-refractivity contribution < 1.29 is 9.53 Å². The minimum Gasteiger partial charge on any atom is -0.489 e. The molecule has 0 bridgehead atoms. The van der Waals surface area contributed by atoms with Gasteiger partial charge in [-0.1, -0.05) is 29.8 Å². The van der Waals surface area contributed by atoms with E-state index in [1.54, 1.807) is 6.07 Å². The first kappa shape index (κ1) is 15.6. The minimum absolute atomic E-state index is 0.0679. The molecule has 0 spiro atoms. The fraction of sp³-hybridized carbons (Fsp3) is 0.278. The van der Waals surface area contributed by atoms with Gasteiger partial charge in [0.25, 0.3) is 0 Å². The Morgan fingerprint density at radius 3 is 2.62 bits per heavy atom. The molecule has 2 rings (SSSR count). The molecule has 0 atom stereocenters. The molecular weight excluding hydrogens is 284 g/mol. The van der Waals surface area contributed by atoms with Crippen LogP contribution in [0.5, 0.6) is 5.75 Å². The van der Waals surface area contributed by atoms with Crippen LogP contribution in [0.1, 0.15) is 33.5 Å². The van der Waals surface area contributed by atoms with Crippen LogP contribution in [0.15, 0.2) is 42.5 Å². The van der Waals surface area contributed by atoms with E-state index in [4.69, 9.17) is 16.3 Å². The zero-order valence-electron chi connectivity index (χ0n) is 12.4. The van der Waals surface area contributed by atoms with Crippen LogP contribution in [0.3, 0.4) is 0 Å². The molecule has 0 aromatic heterocycles. The van der Waals surface area contributed by atoms with Gasteiger partial charge in [-0.05, 0) is 43.2 Å². The third kappa shape index (κ3) is 4.33. The third-order valence-electron chi connectivity index (χ3n) is 3.30. The summed E-state index contributed by atoms with van der Waals surface area (Å²) in [5, 5.41) is 0. The van der Waals surface area contributed by atoms with Gasteiger partial charge >= 0.3 is 0 Å². The van der Waals surface area contributed by atoms with Crippen LogP contribution in [-0.4, -0.2) is 11.7 Å². The molecule has 0 saturated carbocycles. The first-order valence-electron chi connectivity index (χ1n) is 6.98. The SMILES string of the molecule is Cc1cccc(COc2ccc(C(=O)CCCl)cc2C)c1. The van der Waals surface area contributed by atoms with Crippen molar-refractivity contribution in [3.05, 3.63) is 64.7 Å². The van der Waals surface area contributed by atoms with Gasteiger partial charge in [0.15, 0.2) is 5.78 Å². The Kier molecular flexibility index (Phi) is 5.40. The van der Waals surface area contributed by atoms with Gasteiger partial charge in [-0.25, -0.2) is 0 Å². The van der Waals surface area contributed by atoms with E-state index in [1.807, 2.05) is 31.2 Å². The Hall–Kier alpha value is -1.80. The highest BCUT2D eigenvalue weighted by atomic mass is 35.5. The van der Waals surface area contributed by atoms with Crippen molar-refractivity contribution in [3.63, 3.8) is 0 Å². The number of carbonyl (C=O) groups is 1. The predicted octanol–water partition coefficient (Wildman–Crippen LogP) is 4.69. The lowest BCUT2D eigenvalue weighted by molar-refractivity contribution is 0.0989. The summed E-state index contributed by atoms with van der Waals surface area (Å²) in [5.41, 5.74) is 4.01. The van der Waals surface area contributed by atoms with Crippen LogP contribution in [-0.2, 0) is 6.61 Å². The average Bonchev–Trinajstić information content (AvgIpc) is 2.46. The quantitative estimate of drug-likeness (QED) is 0.571. The molecule has 2 aromatic rings. The third-order valence-corrected chi connectivity index (χ3v) is 3.48. The number of hydrogen-bond acceptors (Lipinski definition) is 2. The molecule has 0 heterocycles. The highest BCUT2D eigenvalue weighted by Crippen LogP contribution is 2.21. The maximum absolute atomic E-state index is 11.8. The first-order chi connectivity index (χ1) is 10.1. The topological polar surface area (TPSA) is 26.3 Å². The summed E-state index contributed by atoms with van der Waals surface area (Å²) in [7, 11) is 0. The molecule has 3 heteroatoms. The second-order valence-electron chi connectivity index (χ2n) is 5.12. The lowest BCUT2D eigenvalue weighted by Crippen LogP contribution is -2.02. The van der Waals surface area contributed by atoms with Crippen molar-refractivity contribution in [2.24, 2.45) is 0 Å². The number of aryl methyl sites for hydroxylation is 2. The Morgan fingerprint density at radius 2 is 1.95 bits per heavy atom. The van der Waals surface area contributed by atoms with Crippen LogP contribution >= 0.6 is 11.6 Å². The molecule has 0 radical (unpaired) electrons. The Balaban J connectivity index is 2.06. The maximum Gasteiger partial charge on any atom is 0.164 e. The van der Waals surface area contributed by atoms with E-state index in [2.05, 4.69) is 19.1 Å². The number of benzene rings is 2. The fourth-order valence-corrected chi connectivity index (χ4v) is 2.35. The number of carbonyl (C=O) groups excluding carboxylic acids is 1. The van der Waals surface area contributed by atoms with Crippen molar-refractivity contribution in [1.82, 2.24) is 0 Å². The number of Topliss-reactive ketones (excluding diaryl/α,β-unsaturated/α-hetero) is 1. The summed E-state index contributed by atoms with van der Waals surface area (Å²) in [5.74, 6) is 1.22. The van der Waals surface area contributed by atoms with Gasteiger partial charge in [0.1, 0.15) is 12.4 Å². The molecule has 0 unspecified atom stereocenters. The van der Waals surface area contributed by atoms with Gasteiger partial charge in [-0.15, -0.1) is 11.6 Å². The van der Waals surface area contributed by atoms with Crippen molar-refractivity contribution in [2.45, 2.75) is 26.9 Å². The van der Waals surface area contributed by atoms with E-state index in [0.29, 0.717) is 24.5 Å². The number of ether oxygens (including phenoxy) is 1. The summed E-state index contributed by atoms with van der Waals surface area (Å²) in [6.07, 6.45) is 0.366. The summed E-state index contributed by atoms with van der Waals surface area (Å²) < 4.78 is 5.84. The molecule has 2 aromatic carbocycles. The monoisotopic (exact) mass is 302 g/mol.